The first-order valence-electron chi connectivity index (χ1n) is 4.92. The monoisotopic (exact) mass is 211 g/mol. The lowest BCUT2D eigenvalue weighted by molar-refractivity contribution is 0.0594. The van der Waals surface area contributed by atoms with Crippen LogP contribution in [0.15, 0.2) is 10.7 Å². The second-order valence-electron chi connectivity index (χ2n) is 3.45. The number of oxazole rings is 1. The SMILES string of the molecule is COC(=O)c1coc(C2CCOCC2)n1. The van der Waals surface area contributed by atoms with Gasteiger partial charge in [-0.05, 0) is 12.8 Å². The van der Waals surface area contributed by atoms with Gasteiger partial charge in [-0.1, -0.05) is 0 Å². The molecule has 15 heavy (non-hydrogen) atoms. The number of hydrogen-bond donors (Lipinski definition) is 0. The molecule has 0 radical (unpaired) electrons. The molecular weight excluding hydrogens is 198 g/mol. The number of carbonyl (C=O) groups excluding carboxylic acids is 1. The lowest BCUT2D eigenvalue weighted by atomic mass is 10.0. The minimum absolute atomic E-state index is 0.235. The molecule has 0 spiro atoms. The average molecular weight is 211 g/mol. The van der Waals surface area contributed by atoms with E-state index in [1.54, 1.807) is 0 Å². The summed E-state index contributed by atoms with van der Waals surface area (Å²) in [5, 5.41) is 0. The van der Waals surface area contributed by atoms with Crippen molar-refractivity contribution in [3.8, 4) is 0 Å². The highest BCUT2D eigenvalue weighted by atomic mass is 16.5. The van der Waals surface area contributed by atoms with Crippen LogP contribution in [-0.2, 0) is 9.47 Å². The number of aromatic nitrogens is 1. The van der Waals surface area contributed by atoms with Gasteiger partial charge in [0, 0.05) is 19.1 Å². The van der Waals surface area contributed by atoms with Crippen molar-refractivity contribution in [2.45, 2.75) is 18.8 Å². The maximum atomic E-state index is 11.1. The zero-order chi connectivity index (χ0) is 10.7. The van der Waals surface area contributed by atoms with E-state index in [0.717, 1.165) is 26.1 Å². The molecule has 2 rings (SSSR count). The number of esters is 1. The van der Waals surface area contributed by atoms with E-state index in [1.807, 2.05) is 0 Å². The summed E-state index contributed by atoms with van der Waals surface area (Å²) >= 11 is 0. The predicted molar refractivity (Wildman–Crippen MR) is 50.6 cm³/mol. The molecule has 0 aliphatic carbocycles. The van der Waals surface area contributed by atoms with Gasteiger partial charge in [0.2, 0.25) is 0 Å². The van der Waals surface area contributed by atoms with E-state index in [1.165, 1.54) is 13.4 Å². The predicted octanol–water partition coefficient (Wildman–Crippen LogP) is 1.36. The van der Waals surface area contributed by atoms with E-state index in [-0.39, 0.29) is 11.6 Å². The highest BCUT2D eigenvalue weighted by molar-refractivity contribution is 5.86. The Balaban J connectivity index is 2.08. The molecule has 1 aromatic heterocycles. The summed E-state index contributed by atoms with van der Waals surface area (Å²) in [7, 11) is 1.32. The molecule has 1 aliphatic heterocycles. The molecular formula is C10H13NO4. The maximum absolute atomic E-state index is 11.1. The molecule has 0 unspecified atom stereocenters. The van der Waals surface area contributed by atoms with Crippen LogP contribution in [0.3, 0.4) is 0 Å². The van der Waals surface area contributed by atoms with Crippen LogP contribution in [0.1, 0.15) is 35.1 Å². The van der Waals surface area contributed by atoms with Crippen molar-refractivity contribution in [2.75, 3.05) is 20.3 Å². The van der Waals surface area contributed by atoms with Crippen LogP contribution in [-0.4, -0.2) is 31.3 Å². The number of carbonyl (C=O) groups is 1. The molecule has 82 valence electrons. The standard InChI is InChI=1S/C10H13NO4/c1-13-10(12)8-6-15-9(11-8)7-2-4-14-5-3-7/h6-7H,2-5H2,1H3. The summed E-state index contributed by atoms with van der Waals surface area (Å²) in [4.78, 5) is 15.2. The van der Waals surface area contributed by atoms with E-state index < -0.39 is 5.97 Å². The Kier molecular flexibility index (Phi) is 3.01. The number of nitrogens with zero attached hydrogens (tertiary/aromatic N) is 1. The third-order valence-corrected chi connectivity index (χ3v) is 2.49. The minimum Gasteiger partial charge on any atom is -0.464 e. The molecule has 0 saturated carbocycles. The van der Waals surface area contributed by atoms with Gasteiger partial charge in [0.1, 0.15) is 6.26 Å². The van der Waals surface area contributed by atoms with Gasteiger partial charge in [0.05, 0.1) is 7.11 Å². The van der Waals surface area contributed by atoms with Crippen molar-refractivity contribution in [3.05, 3.63) is 17.8 Å². The third-order valence-electron chi connectivity index (χ3n) is 2.49. The fourth-order valence-corrected chi connectivity index (χ4v) is 1.62. The lowest BCUT2D eigenvalue weighted by Gasteiger charge is -2.18. The van der Waals surface area contributed by atoms with Gasteiger partial charge >= 0.3 is 5.97 Å². The van der Waals surface area contributed by atoms with Gasteiger partial charge in [-0.15, -0.1) is 0 Å². The van der Waals surface area contributed by atoms with E-state index in [0.29, 0.717) is 5.89 Å². The van der Waals surface area contributed by atoms with Gasteiger partial charge in [-0.3, -0.25) is 0 Å². The van der Waals surface area contributed by atoms with Crippen LogP contribution in [0.4, 0.5) is 0 Å². The lowest BCUT2D eigenvalue weighted by Crippen LogP contribution is -2.14. The molecule has 1 aromatic rings. The topological polar surface area (TPSA) is 61.6 Å². The Morgan fingerprint density at radius 3 is 2.93 bits per heavy atom. The van der Waals surface area contributed by atoms with Crippen molar-refractivity contribution in [3.63, 3.8) is 0 Å². The molecule has 0 N–H and O–H groups in total. The summed E-state index contributed by atoms with van der Waals surface area (Å²) in [5.74, 6) is 0.410. The molecule has 1 saturated heterocycles. The largest absolute Gasteiger partial charge is 0.464 e. The molecule has 0 bridgehead atoms. The van der Waals surface area contributed by atoms with Crippen LogP contribution >= 0.6 is 0 Å². The van der Waals surface area contributed by atoms with Gasteiger partial charge < -0.3 is 13.9 Å². The molecule has 5 heteroatoms. The third kappa shape index (κ3) is 2.18. The fraction of sp³-hybridized carbons (Fsp3) is 0.600. The first-order chi connectivity index (χ1) is 7.31. The summed E-state index contributed by atoms with van der Waals surface area (Å²) < 4.78 is 15.0. The van der Waals surface area contributed by atoms with Crippen molar-refractivity contribution < 1.29 is 18.7 Å². The Morgan fingerprint density at radius 2 is 2.27 bits per heavy atom. The Labute approximate surface area is 87.4 Å². The fourth-order valence-electron chi connectivity index (χ4n) is 1.62. The quantitative estimate of drug-likeness (QED) is 0.691. The van der Waals surface area contributed by atoms with Crippen molar-refractivity contribution in [1.29, 1.82) is 0 Å². The molecule has 1 fully saturated rings. The molecule has 5 nitrogen and oxygen atoms in total. The van der Waals surface area contributed by atoms with E-state index >= 15 is 0 Å². The summed E-state index contributed by atoms with van der Waals surface area (Å²) in [5.41, 5.74) is 0.235. The van der Waals surface area contributed by atoms with Crippen LogP contribution in [0.2, 0.25) is 0 Å². The summed E-state index contributed by atoms with van der Waals surface area (Å²) in [6.07, 6.45) is 3.12. The average Bonchev–Trinajstić information content (AvgIpc) is 2.78. The molecule has 0 atom stereocenters. The molecule has 0 aromatic carbocycles. The second-order valence-corrected chi connectivity index (χ2v) is 3.45. The highest BCUT2D eigenvalue weighted by Gasteiger charge is 2.22. The maximum Gasteiger partial charge on any atom is 0.360 e. The summed E-state index contributed by atoms with van der Waals surface area (Å²) in [6, 6.07) is 0. The van der Waals surface area contributed by atoms with Crippen LogP contribution in [0.5, 0.6) is 0 Å². The van der Waals surface area contributed by atoms with Crippen molar-refractivity contribution in [1.82, 2.24) is 4.98 Å². The van der Waals surface area contributed by atoms with Crippen LogP contribution in [0.25, 0.3) is 0 Å². The highest BCUT2D eigenvalue weighted by Crippen LogP contribution is 2.26. The Hall–Kier alpha value is -1.36. The zero-order valence-electron chi connectivity index (χ0n) is 8.56. The Bertz CT molecular complexity index is 341. The van der Waals surface area contributed by atoms with Crippen LogP contribution < -0.4 is 0 Å². The van der Waals surface area contributed by atoms with Gasteiger partial charge in [-0.25, -0.2) is 9.78 Å². The van der Waals surface area contributed by atoms with Gasteiger partial charge in [-0.2, -0.15) is 0 Å². The molecule has 2 heterocycles. The van der Waals surface area contributed by atoms with Gasteiger partial charge in [0.15, 0.2) is 11.6 Å². The van der Waals surface area contributed by atoms with E-state index in [9.17, 15) is 4.79 Å². The van der Waals surface area contributed by atoms with E-state index in [2.05, 4.69) is 9.72 Å². The normalized spacial score (nSPS) is 17.7. The molecule has 1 aliphatic rings. The van der Waals surface area contributed by atoms with Crippen LogP contribution in [0, 0.1) is 0 Å². The Morgan fingerprint density at radius 1 is 1.53 bits per heavy atom. The van der Waals surface area contributed by atoms with Crippen molar-refractivity contribution in [2.24, 2.45) is 0 Å². The first kappa shape index (κ1) is 10.2. The van der Waals surface area contributed by atoms with E-state index in [4.69, 9.17) is 9.15 Å². The van der Waals surface area contributed by atoms with Gasteiger partial charge in [0.25, 0.3) is 0 Å². The number of rotatable bonds is 2. The number of methoxy groups -OCH3 is 1. The number of ether oxygens (including phenoxy) is 2. The first-order valence-corrected chi connectivity index (χ1v) is 4.92. The smallest absolute Gasteiger partial charge is 0.360 e. The molecule has 0 amide bonds. The minimum atomic E-state index is -0.461. The number of hydrogen-bond acceptors (Lipinski definition) is 5. The second kappa shape index (κ2) is 4.44. The summed E-state index contributed by atoms with van der Waals surface area (Å²) in [6.45, 7) is 1.45. The van der Waals surface area contributed by atoms with Crippen molar-refractivity contribution >= 4 is 5.97 Å². The zero-order valence-corrected chi connectivity index (χ0v) is 8.56.